The van der Waals surface area contributed by atoms with E-state index in [1.807, 2.05) is 73.7 Å². The Morgan fingerprint density at radius 2 is 1.43 bits per heavy atom. The van der Waals surface area contributed by atoms with E-state index in [4.69, 9.17) is 23.7 Å². The van der Waals surface area contributed by atoms with Crippen molar-refractivity contribution in [2.45, 2.75) is 18.9 Å². The number of hydrogen-bond acceptors (Lipinski definition) is 8. The molecule has 0 spiro atoms. The highest BCUT2D eigenvalue weighted by Gasteiger charge is 2.30. The molecular weight excluding hydrogens is 600 g/mol. The second-order valence-corrected chi connectivity index (χ2v) is 10.7. The van der Waals surface area contributed by atoms with Gasteiger partial charge in [0.25, 0.3) is 0 Å². The number of amides is 2. The first-order valence-corrected chi connectivity index (χ1v) is 15.2. The maximum Gasteiger partial charge on any atom is 0.407 e. The predicted molar refractivity (Wildman–Crippen MR) is 180 cm³/mol. The predicted octanol–water partition coefficient (Wildman–Crippen LogP) is 6.12. The summed E-state index contributed by atoms with van der Waals surface area (Å²) in [7, 11) is 4.64. The summed E-state index contributed by atoms with van der Waals surface area (Å²) < 4.78 is 27.6. The zero-order valence-corrected chi connectivity index (χ0v) is 26.7. The standard InChI is InChI=1S/C37H38N2O8/c1-5-46-32-17-16-23(14-15-24-19-33(43-2)35(45-4)34(20-24)44-3)18-30(32)38-36(41)31(21-40)39-37(42)47-22-29-27-12-8-6-10-25(27)26-11-7-9-13-28(26)29/h6-20,29,31,40H,5,21-22H2,1-4H3,(H,38,41)(H,39,42). The molecule has 0 radical (unpaired) electrons. The molecule has 10 nitrogen and oxygen atoms in total. The Morgan fingerprint density at radius 3 is 2.00 bits per heavy atom. The van der Waals surface area contributed by atoms with Crippen LogP contribution in [0.15, 0.2) is 78.9 Å². The molecule has 0 bridgehead atoms. The number of alkyl carbamates (subject to hydrolysis) is 1. The van der Waals surface area contributed by atoms with E-state index in [0.29, 0.717) is 35.3 Å². The van der Waals surface area contributed by atoms with Crippen LogP contribution in [-0.4, -0.2) is 64.3 Å². The number of methoxy groups -OCH3 is 3. The van der Waals surface area contributed by atoms with Crippen LogP contribution < -0.4 is 29.6 Å². The van der Waals surface area contributed by atoms with Crippen molar-refractivity contribution in [3.8, 4) is 34.1 Å². The first-order chi connectivity index (χ1) is 22.9. The topological polar surface area (TPSA) is 125 Å². The molecule has 0 fully saturated rings. The largest absolute Gasteiger partial charge is 0.493 e. The molecule has 1 unspecified atom stereocenters. The van der Waals surface area contributed by atoms with Crippen LogP contribution in [0, 0.1) is 0 Å². The van der Waals surface area contributed by atoms with Gasteiger partial charge in [0.2, 0.25) is 11.7 Å². The van der Waals surface area contributed by atoms with Gasteiger partial charge in [0.1, 0.15) is 18.4 Å². The molecule has 0 heterocycles. The van der Waals surface area contributed by atoms with Gasteiger partial charge in [0.15, 0.2) is 11.5 Å². The summed E-state index contributed by atoms with van der Waals surface area (Å²) in [6.07, 6.45) is 2.90. The van der Waals surface area contributed by atoms with Gasteiger partial charge in [-0.15, -0.1) is 0 Å². The molecule has 4 aromatic rings. The van der Waals surface area contributed by atoms with E-state index < -0.39 is 24.6 Å². The molecule has 10 heteroatoms. The van der Waals surface area contributed by atoms with Crippen LogP contribution in [0.5, 0.6) is 23.0 Å². The normalized spacial score (nSPS) is 12.5. The third kappa shape index (κ3) is 7.34. The molecular formula is C37H38N2O8. The van der Waals surface area contributed by atoms with Crippen LogP contribution in [0.1, 0.15) is 35.1 Å². The highest BCUT2D eigenvalue weighted by Crippen LogP contribution is 2.44. The van der Waals surface area contributed by atoms with Gasteiger partial charge in [0, 0.05) is 5.92 Å². The number of fused-ring (bicyclic) bond motifs is 3. The molecule has 244 valence electrons. The van der Waals surface area contributed by atoms with Crippen LogP contribution >= 0.6 is 0 Å². The fraction of sp³-hybridized carbons (Fsp3) is 0.243. The zero-order valence-electron chi connectivity index (χ0n) is 26.7. The Kier molecular flexibility index (Phi) is 10.6. The van der Waals surface area contributed by atoms with Gasteiger partial charge in [-0.05, 0) is 64.6 Å². The Hall–Kier alpha value is -5.48. The average molecular weight is 639 g/mol. The van der Waals surface area contributed by atoms with Crippen molar-refractivity contribution >= 4 is 29.8 Å². The molecule has 3 N–H and O–H groups in total. The Bertz CT molecular complexity index is 1700. The van der Waals surface area contributed by atoms with Crippen molar-refractivity contribution in [3.63, 3.8) is 0 Å². The number of aliphatic hydroxyl groups is 1. The maximum atomic E-state index is 13.3. The van der Waals surface area contributed by atoms with E-state index in [-0.39, 0.29) is 12.5 Å². The first-order valence-electron chi connectivity index (χ1n) is 15.2. The highest BCUT2D eigenvalue weighted by atomic mass is 16.5. The molecule has 47 heavy (non-hydrogen) atoms. The smallest absolute Gasteiger partial charge is 0.407 e. The summed E-state index contributed by atoms with van der Waals surface area (Å²) in [5.41, 5.74) is 6.28. The zero-order chi connectivity index (χ0) is 33.3. The molecule has 0 saturated carbocycles. The third-order valence-electron chi connectivity index (χ3n) is 7.85. The maximum absolute atomic E-state index is 13.3. The summed E-state index contributed by atoms with van der Waals surface area (Å²) in [4.78, 5) is 26.1. The number of rotatable bonds is 13. The molecule has 5 rings (SSSR count). The van der Waals surface area contributed by atoms with Crippen LogP contribution in [0.4, 0.5) is 10.5 Å². The van der Waals surface area contributed by atoms with Gasteiger partial charge in [-0.25, -0.2) is 4.79 Å². The Morgan fingerprint density at radius 1 is 0.809 bits per heavy atom. The second kappa shape index (κ2) is 15.2. The number of benzene rings is 4. The number of carbonyl (C=O) groups is 2. The van der Waals surface area contributed by atoms with Crippen LogP contribution in [0.25, 0.3) is 23.3 Å². The van der Waals surface area contributed by atoms with Crippen molar-refractivity contribution in [3.05, 3.63) is 101 Å². The molecule has 4 aromatic carbocycles. The van der Waals surface area contributed by atoms with E-state index in [9.17, 15) is 14.7 Å². The van der Waals surface area contributed by atoms with E-state index >= 15 is 0 Å². The van der Waals surface area contributed by atoms with E-state index in [1.165, 1.54) is 0 Å². The molecule has 0 saturated heterocycles. The minimum atomic E-state index is -1.27. The molecule has 2 amide bonds. The summed E-state index contributed by atoms with van der Waals surface area (Å²) in [6, 6.07) is 23.7. The lowest BCUT2D eigenvalue weighted by Gasteiger charge is -2.19. The number of anilines is 1. The lowest BCUT2D eigenvalue weighted by molar-refractivity contribution is -0.118. The molecule has 0 aromatic heterocycles. The average Bonchev–Trinajstić information content (AvgIpc) is 3.42. The van der Waals surface area contributed by atoms with Crippen molar-refractivity contribution in [1.29, 1.82) is 0 Å². The monoisotopic (exact) mass is 638 g/mol. The SMILES string of the molecule is CCOc1ccc(C=Cc2cc(OC)c(OC)c(OC)c2)cc1NC(=O)C(CO)NC(=O)OCC1c2ccccc2-c2ccccc21. The lowest BCUT2D eigenvalue weighted by Crippen LogP contribution is -2.46. The fourth-order valence-corrected chi connectivity index (χ4v) is 5.62. The summed E-state index contributed by atoms with van der Waals surface area (Å²) in [5.74, 6) is 1.19. The number of carbonyl (C=O) groups excluding carboxylic acids is 2. The molecule has 1 aliphatic rings. The summed E-state index contributed by atoms with van der Waals surface area (Å²) in [6.45, 7) is 1.64. The molecule has 1 aliphatic carbocycles. The quantitative estimate of drug-likeness (QED) is 0.150. The Balaban J connectivity index is 1.26. The van der Waals surface area contributed by atoms with Gasteiger partial charge in [-0.3, -0.25) is 4.79 Å². The van der Waals surface area contributed by atoms with Gasteiger partial charge >= 0.3 is 6.09 Å². The van der Waals surface area contributed by atoms with Gasteiger partial charge < -0.3 is 39.4 Å². The van der Waals surface area contributed by atoms with Gasteiger partial charge in [-0.2, -0.15) is 0 Å². The number of nitrogens with one attached hydrogen (secondary N) is 2. The van der Waals surface area contributed by atoms with Crippen LogP contribution in [0.3, 0.4) is 0 Å². The van der Waals surface area contributed by atoms with E-state index in [2.05, 4.69) is 22.8 Å². The van der Waals surface area contributed by atoms with E-state index in [0.717, 1.165) is 33.4 Å². The number of aliphatic hydroxyl groups excluding tert-OH is 1. The third-order valence-corrected chi connectivity index (χ3v) is 7.85. The number of hydrogen-bond donors (Lipinski definition) is 3. The molecule has 1 atom stereocenters. The van der Waals surface area contributed by atoms with Crippen molar-refractivity contribution in [2.75, 3.05) is 46.5 Å². The minimum absolute atomic E-state index is 0.0778. The second-order valence-electron chi connectivity index (χ2n) is 10.7. The minimum Gasteiger partial charge on any atom is -0.493 e. The van der Waals surface area contributed by atoms with Crippen molar-refractivity contribution in [1.82, 2.24) is 5.32 Å². The van der Waals surface area contributed by atoms with Crippen molar-refractivity contribution < 1.29 is 38.4 Å². The van der Waals surface area contributed by atoms with Crippen LogP contribution in [-0.2, 0) is 9.53 Å². The van der Waals surface area contributed by atoms with E-state index in [1.54, 1.807) is 33.5 Å². The Labute approximate surface area is 273 Å². The summed E-state index contributed by atoms with van der Waals surface area (Å²) in [5, 5.41) is 15.3. The first kappa shape index (κ1) is 32.9. The lowest BCUT2D eigenvalue weighted by atomic mass is 9.98. The fourth-order valence-electron chi connectivity index (χ4n) is 5.62. The van der Waals surface area contributed by atoms with Gasteiger partial charge in [-0.1, -0.05) is 66.7 Å². The highest BCUT2D eigenvalue weighted by molar-refractivity contribution is 5.98. The van der Waals surface area contributed by atoms with Crippen LogP contribution in [0.2, 0.25) is 0 Å². The number of ether oxygens (including phenoxy) is 5. The van der Waals surface area contributed by atoms with Crippen molar-refractivity contribution in [2.24, 2.45) is 0 Å². The molecule has 0 aliphatic heterocycles. The van der Waals surface area contributed by atoms with Gasteiger partial charge in [0.05, 0.1) is 40.2 Å². The summed E-state index contributed by atoms with van der Waals surface area (Å²) >= 11 is 0.